The standard InChI is InChI=1S/C16H12F2N2O/c1-11-10-16(21)20(15-8-4-13(18)5-9-15)19(11)14-6-2-12(17)3-7-14/h2-10H,1H3. The largest absolute Gasteiger partial charge is 0.271 e. The van der Waals surface area contributed by atoms with Gasteiger partial charge < -0.3 is 0 Å². The quantitative estimate of drug-likeness (QED) is 0.710. The van der Waals surface area contributed by atoms with E-state index < -0.39 is 0 Å². The van der Waals surface area contributed by atoms with Gasteiger partial charge in [0, 0.05) is 11.8 Å². The number of nitrogens with zero attached hydrogens (tertiary/aromatic N) is 2. The van der Waals surface area contributed by atoms with Crippen LogP contribution in [-0.2, 0) is 0 Å². The van der Waals surface area contributed by atoms with Crippen LogP contribution in [0.5, 0.6) is 0 Å². The van der Waals surface area contributed by atoms with Gasteiger partial charge in [0.1, 0.15) is 11.6 Å². The topological polar surface area (TPSA) is 26.9 Å². The van der Waals surface area contributed by atoms with Gasteiger partial charge in [0.05, 0.1) is 11.4 Å². The van der Waals surface area contributed by atoms with Crippen LogP contribution in [0, 0.1) is 18.6 Å². The fourth-order valence-corrected chi connectivity index (χ4v) is 2.28. The number of rotatable bonds is 2. The zero-order valence-electron chi connectivity index (χ0n) is 11.3. The summed E-state index contributed by atoms with van der Waals surface area (Å²) >= 11 is 0. The molecule has 5 heteroatoms. The first-order valence-corrected chi connectivity index (χ1v) is 6.40. The number of aryl methyl sites for hydroxylation is 1. The van der Waals surface area contributed by atoms with Crippen LogP contribution >= 0.6 is 0 Å². The predicted molar refractivity (Wildman–Crippen MR) is 76.0 cm³/mol. The Hall–Kier alpha value is -2.69. The third-order valence-electron chi connectivity index (χ3n) is 3.22. The molecule has 0 saturated heterocycles. The Morgan fingerprint density at radius 1 is 0.762 bits per heavy atom. The maximum absolute atomic E-state index is 13.1. The van der Waals surface area contributed by atoms with Crippen LogP contribution in [0.15, 0.2) is 59.4 Å². The van der Waals surface area contributed by atoms with Crippen molar-refractivity contribution in [3.63, 3.8) is 0 Å². The lowest BCUT2D eigenvalue weighted by Crippen LogP contribution is -2.20. The summed E-state index contributed by atoms with van der Waals surface area (Å²) in [5.74, 6) is -0.720. The average molecular weight is 286 g/mol. The fraction of sp³-hybridized carbons (Fsp3) is 0.0625. The SMILES string of the molecule is Cc1cc(=O)n(-c2ccc(F)cc2)n1-c1ccc(F)cc1. The Morgan fingerprint density at radius 3 is 1.67 bits per heavy atom. The highest BCUT2D eigenvalue weighted by molar-refractivity contribution is 5.38. The summed E-state index contributed by atoms with van der Waals surface area (Å²) in [5, 5.41) is 0. The molecule has 0 aliphatic carbocycles. The summed E-state index contributed by atoms with van der Waals surface area (Å²) in [6, 6.07) is 12.9. The van der Waals surface area contributed by atoms with Crippen molar-refractivity contribution in [2.45, 2.75) is 6.92 Å². The first-order chi connectivity index (χ1) is 10.1. The summed E-state index contributed by atoms with van der Waals surface area (Å²) in [7, 11) is 0. The van der Waals surface area contributed by atoms with Crippen LogP contribution in [0.2, 0.25) is 0 Å². The summed E-state index contributed by atoms with van der Waals surface area (Å²) in [5.41, 5.74) is 1.67. The van der Waals surface area contributed by atoms with Crippen molar-refractivity contribution in [2.24, 2.45) is 0 Å². The molecule has 106 valence electrons. The predicted octanol–water partition coefficient (Wildman–Crippen LogP) is 3.21. The molecule has 0 N–H and O–H groups in total. The maximum atomic E-state index is 13.1. The van der Waals surface area contributed by atoms with Crippen LogP contribution in [0.25, 0.3) is 11.4 Å². The third kappa shape index (κ3) is 2.38. The molecular formula is C16H12F2N2O. The number of benzene rings is 2. The van der Waals surface area contributed by atoms with E-state index >= 15 is 0 Å². The molecule has 3 nitrogen and oxygen atoms in total. The fourth-order valence-electron chi connectivity index (χ4n) is 2.28. The van der Waals surface area contributed by atoms with Crippen molar-refractivity contribution >= 4 is 0 Å². The van der Waals surface area contributed by atoms with E-state index in [1.807, 2.05) is 0 Å². The molecule has 0 aliphatic heterocycles. The van der Waals surface area contributed by atoms with Gasteiger partial charge in [-0.15, -0.1) is 0 Å². The Bertz CT molecular complexity index is 830. The molecule has 0 radical (unpaired) electrons. The summed E-state index contributed by atoms with van der Waals surface area (Å²) in [4.78, 5) is 12.2. The van der Waals surface area contributed by atoms with Crippen LogP contribution in [0.3, 0.4) is 0 Å². The zero-order chi connectivity index (χ0) is 15.0. The van der Waals surface area contributed by atoms with Crippen molar-refractivity contribution < 1.29 is 8.78 Å². The molecule has 3 rings (SSSR count). The first kappa shape index (κ1) is 13.3. The molecule has 0 fully saturated rings. The van der Waals surface area contributed by atoms with Gasteiger partial charge in [0.25, 0.3) is 5.56 Å². The van der Waals surface area contributed by atoms with Gasteiger partial charge in [-0.2, -0.15) is 0 Å². The van der Waals surface area contributed by atoms with Crippen LogP contribution in [-0.4, -0.2) is 9.36 Å². The van der Waals surface area contributed by atoms with E-state index in [9.17, 15) is 13.6 Å². The van der Waals surface area contributed by atoms with Gasteiger partial charge in [-0.3, -0.25) is 9.48 Å². The van der Waals surface area contributed by atoms with E-state index in [1.165, 1.54) is 47.1 Å². The Kier molecular flexibility index (Phi) is 3.17. The number of hydrogen-bond donors (Lipinski definition) is 0. The van der Waals surface area contributed by atoms with E-state index in [-0.39, 0.29) is 17.2 Å². The lowest BCUT2D eigenvalue weighted by atomic mass is 10.3. The van der Waals surface area contributed by atoms with E-state index in [1.54, 1.807) is 23.7 Å². The lowest BCUT2D eigenvalue weighted by Gasteiger charge is -2.13. The number of halogens is 2. The Labute approximate surface area is 119 Å². The molecule has 0 aliphatic rings. The van der Waals surface area contributed by atoms with Crippen molar-refractivity contribution in [3.8, 4) is 11.4 Å². The minimum atomic E-state index is -0.372. The molecule has 0 bridgehead atoms. The highest BCUT2D eigenvalue weighted by Gasteiger charge is 2.12. The zero-order valence-corrected chi connectivity index (χ0v) is 11.3. The molecule has 1 heterocycles. The molecule has 0 unspecified atom stereocenters. The molecule has 0 spiro atoms. The Morgan fingerprint density at radius 2 is 1.19 bits per heavy atom. The van der Waals surface area contributed by atoms with E-state index in [0.717, 1.165) is 0 Å². The number of aromatic nitrogens is 2. The normalized spacial score (nSPS) is 10.8. The van der Waals surface area contributed by atoms with Gasteiger partial charge in [0.15, 0.2) is 0 Å². The molecule has 2 aromatic carbocycles. The van der Waals surface area contributed by atoms with Crippen molar-refractivity contribution in [2.75, 3.05) is 0 Å². The second-order valence-corrected chi connectivity index (χ2v) is 4.70. The average Bonchev–Trinajstić information content (AvgIpc) is 2.75. The van der Waals surface area contributed by atoms with Crippen molar-refractivity contribution in [1.82, 2.24) is 9.36 Å². The number of hydrogen-bond acceptors (Lipinski definition) is 1. The smallest absolute Gasteiger partial charge is 0.267 e. The van der Waals surface area contributed by atoms with Gasteiger partial charge in [-0.1, -0.05) is 0 Å². The molecule has 21 heavy (non-hydrogen) atoms. The van der Waals surface area contributed by atoms with E-state index in [4.69, 9.17) is 0 Å². The summed E-state index contributed by atoms with van der Waals surface area (Å²) in [6.07, 6.45) is 0. The summed E-state index contributed by atoms with van der Waals surface area (Å²) in [6.45, 7) is 1.78. The highest BCUT2D eigenvalue weighted by atomic mass is 19.1. The van der Waals surface area contributed by atoms with E-state index in [2.05, 4.69) is 0 Å². The van der Waals surface area contributed by atoms with Gasteiger partial charge in [-0.05, 0) is 55.5 Å². The van der Waals surface area contributed by atoms with Crippen molar-refractivity contribution in [1.29, 1.82) is 0 Å². The van der Waals surface area contributed by atoms with Gasteiger partial charge in [-0.25, -0.2) is 13.5 Å². The second-order valence-electron chi connectivity index (χ2n) is 4.70. The van der Waals surface area contributed by atoms with Crippen LogP contribution in [0.4, 0.5) is 8.78 Å². The molecule has 0 saturated carbocycles. The monoisotopic (exact) mass is 286 g/mol. The van der Waals surface area contributed by atoms with E-state index in [0.29, 0.717) is 17.1 Å². The van der Waals surface area contributed by atoms with Crippen LogP contribution < -0.4 is 5.56 Å². The van der Waals surface area contributed by atoms with Crippen molar-refractivity contribution in [3.05, 3.63) is 82.3 Å². The third-order valence-corrected chi connectivity index (χ3v) is 3.22. The second kappa shape index (κ2) is 5.01. The van der Waals surface area contributed by atoms with Gasteiger partial charge >= 0.3 is 0 Å². The lowest BCUT2D eigenvalue weighted by molar-refractivity contribution is 0.622. The molecule has 0 amide bonds. The molecule has 3 aromatic rings. The highest BCUT2D eigenvalue weighted by Crippen LogP contribution is 2.15. The minimum Gasteiger partial charge on any atom is -0.267 e. The molecular weight excluding hydrogens is 274 g/mol. The van der Waals surface area contributed by atoms with Crippen LogP contribution in [0.1, 0.15) is 5.69 Å². The maximum Gasteiger partial charge on any atom is 0.271 e. The molecule has 1 aromatic heterocycles. The Balaban J connectivity index is 2.24. The molecule has 0 atom stereocenters. The van der Waals surface area contributed by atoms with Gasteiger partial charge in [0.2, 0.25) is 0 Å². The summed E-state index contributed by atoms with van der Waals surface area (Å²) < 4.78 is 29.2. The minimum absolute atomic E-state index is 0.233. The first-order valence-electron chi connectivity index (χ1n) is 6.40.